The molecule has 40 heavy (non-hydrogen) atoms. The molecule has 0 bridgehead atoms. The van der Waals surface area contributed by atoms with Crippen molar-refractivity contribution in [2.45, 2.75) is 32.7 Å². The first kappa shape index (κ1) is 30.9. The van der Waals surface area contributed by atoms with Gasteiger partial charge in [-0.3, -0.25) is 5.32 Å². The molecule has 1 amide bonds. The van der Waals surface area contributed by atoms with E-state index in [1.54, 1.807) is 0 Å². The summed E-state index contributed by atoms with van der Waals surface area (Å²) < 4.78 is 44.7. The lowest BCUT2D eigenvalue weighted by Crippen LogP contribution is -2.48. The van der Waals surface area contributed by atoms with Gasteiger partial charge in [-0.15, -0.1) is 0 Å². The summed E-state index contributed by atoms with van der Waals surface area (Å²) in [7, 11) is -8.28. The first-order valence-electron chi connectivity index (χ1n) is 13.0. The van der Waals surface area contributed by atoms with E-state index >= 15 is 0 Å². The number of carbonyl (C=O) groups excluding carboxylic acids is 1. The predicted molar refractivity (Wildman–Crippen MR) is 158 cm³/mol. The maximum Gasteiger partial charge on any atom is 0.673 e. The summed E-state index contributed by atoms with van der Waals surface area (Å²) in [5.74, 6) is 0.253. The molecule has 0 aromatic heterocycles. The number of benzene rings is 4. The number of nitrogens with one attached hydrogen (secondary N) is 1. The Labute approximate surface area is 234 Å². The van der Waals surface area contributed by atoms with E-state index in [1.807, 2.05) is 48.5 Å². The molecule has 1 atom stereocenters. The van der Waals surface area contributed by atoms with Crippen LogP contribution in [0.3, 0.4) is 0 Å². The van der Waals surface area contributed by atoms with Crippen LogP contribution in [0.25, 0.3) is 0 Å². The van der Waals surface area contributed by atoms with Crippen molar-refractivity contribution in [2.75, 3.05) is 0 Å². The summed E-state index contributed by atoms with van der Waals surface area (Å²) in [6.45, 7) is 4.66. The minimum absolute atomic E-state index is 0.127. The van der Waals surface area contributed by atoms with Gasteiger partial charge in [0.05, 0.1) is 0 Å². The number of ether oxygens (including phenoxy) is 1. The second kappa shape index (κ2) is 14.7. The number of carbonyl (C=O) groups is 1. The molecule has 0 aliphatic carbocycles. The fourth-order valence-corrected chi connectivity index (χ4v) is 9.58. The van der Waals surface area contributed by atoms with Gasteiger partial charge >= 0.3 is 13.3 Å². The van der Waals surface area contributed by atoms with E-state index in [0.717, 1.165) is 12.0 Å². The summed E-state index contributed by atoms with van der Waals surface area (Å²) in [6, 6.07) is 41.7. The van der Waals surface area contributed by atoms with Crippen LogP contribution in [0.15, 0.2) is 121 Å². The number of hydrogen-bond donors (Lipinski definition) is 1. The summed E-state index contributed by atoms with van der Waals surface area (Å²) in [4.78, 5) is 13.2. The van der Waals surface area contributed by atoms with Crippen molar-refractivity contribution in [2.24, 2.45) is 5.92 Å². The summed E-state index contributed by atoms with van der Waals surface area (Å²) in [6.07, 6.45) is 0.444. The van der Waals surface area contributed by atoms with Crippen molar-refractivity contribution in [3.63, 3.8) is 0 Å². The van der Waals surface area contributed by atoms with Crippen LogP contribution < -0.4 is 21.2 Å². The van der Waals surface area contributed by atoms with Crippen molar-refractivity contribution in [1.82, 2.24) is 5.32 Å². The van der Waals surface area contributed by atoms with Gasteiger partial charge in [0.15, 0.2) is 5.78 Å². The van der Waals surface area contributed by atoms with Crippen LogP contribution >= 0.6 is 7.26 Å². The molecule has 4 rings (SSSR count). The number of halogens is 4. The average Bonchev–Trinajstić information content (AvgIpc) is 2.93. The molecule has 0 saturated carbocycles. The zero-order valence-corrected chi connectivity index (χ0v) is 23.4. The van der Waals surface area contributed by atoms with E-state index in [2.05, 4.69) is 92.0 Å². The minimum atomic E-state index is -6.00. The Morgan fingerprint density at radius 3 is 1.40 bits per heavy atom. The molecule has 4 aromatic rings. The Morgan fingerprint density at radius 2 is 1.05 bits per heavy atom. The summed E-state index contributed by atoms with van der Waals surface area (Å²) in [5, 5.41) is 7.07. The lowest BCUT2D eigenvalue weighted by molar-refractivity contribution is 0.138. The molecule has 0 spiro atoms. The van der Waals surface area contributed by atoms with Gasteiger partial charge in [0.2, 0.25) is 0 Å². The second-order valence-corrected chi connectivity index (χ2v) is 13.2. The van der Waals surface area contributed by atoms with E-state index in [9.17, 15) is 22.1 Å². The molecule has 0 aliphatic heterocycles. The Morgan fingerprint density at radius 1 is 0.700 bits per heavy atom. The maximum absolute atomic E-state index is 13.2. The van der Waals surface area contributed by atoms with Gasteiger partial charge in [0.25, 0.3) is 0 Å². The van der Waals surface area contributed by atoms with Crippen molar-refractivity contribution in [3.8, 4) is 0 Å². The lowest BCUT2D eigenvalue weighted by Gasteiger charge is -2.35. The number of hydrogen-bond acceptors (Lipinski definition) is 2. The Bertz CT molecular complexity index is 1190. The highest BCUT2D eigenvalue weighted by atomic mass is 31.2. The molecular weight excluding hydrogens is 536 g/mol. The van der Waals surface area contributed by atoms with Crippen LogP contribution in [0.2, 0.25) is 0 Å². The highest BCUT2D eigenvalue weighted by Crippen LogP contribution is 2.60. The third kappa shape index (κ3) is 8.95. The number of amides is 1. The average molecular weight is 569 g/mol. The quantitative estimate of drug-likeness (QED) is 0.128. The zero-order valence-electron chi connectivity index (χ0n) is 22.5. The van der Waals surface area contributed by atoms with Crippen LogP contribution in [0.4, 0.5) is 22.1 Å². The molecule has 0 unspecified atom stereocenters. The molecule has 0 heterocycles. The summed E-state index contributed by atoms with van der Waals surface area (Å²) >= 11 is 0. The van der Waals surface area contributed by atoms with Gasteiger partial charge in [-0.1, -0.05) is 98.8 Å². The van der Waals surface area contributed by atoms with Crippen LogP contribution in [-0.4, -0.2) is 19.1 Å². The molecule has 4 aromatic carbocycles. The molecule has 0 fully saturated rings. The largest absolute Gasteiger partial charge is 0.673 e. The molecule has 0 radical (unpaired) electrons. The van der Waals surface area contributed by atoms with Crippen molar-refractivity contribution in [3.05, 3.63) is 127 Å². The number of alkyl carbamates (subject to hydrolysis) is 1. The first-order chi connectivity index (χ1) is 19.1. The molecule has 9 heteroatoms. The van der Waals surface area contributed by atoms with Crippen LogP contribution in [0.5, 0.6) is 0 Å². The topological polar surface area (TPSA) is 38.3 Å². The first-order valence-corrected chi connectivity index (χ1v) is 14.9. The molecular formula is C31H33BF4NO2P. The zero-order chi connectivity index (χ0) is 29.0. The van der Waals surface area contributed by atoms with E-state index in [-0.39, 0.29) is 18.5 Å². The maximum atomic E-state index is 13.2. The van der Waals surface area contributed by atoms with Crippen molar-refractivity contribution in [1.29, 1.82) is 0 Å². The normalized spacial score (nSPS) is 12.2. The fourth-order valence-electron chi connectivity index (χ4n) is 4.64. The Balaban J connectivity index is 0.000000810. The van der Waals surface area contributed by atoms with Gasteiger partial charge in [0.1, 0.15) is 29.8 Å². The van der Waals surface area contributed by atoms with Gasteiger partial charge in [-0.05, 0) is 47.9 Å². The van der Waals surface area contributed by atoms with Crippen LogP contribution in [-0.2, 0) is 11.3 Å². The highest BCUT2D eigenvalue weighted by Gasteiger charge is 2.53. The highest BCUT2D eigenvalue weighted by molar-refractivity contribution is 7.96. The monoisotopic (exact) mass is 569 g/mol. The number of rotatable bonds is 9. The van der Waals surface area contributed by atoms with E-state index < -0.39 is 14.5 Å². The lowest BCUT2D eigenvalue weighted by atomic mass is 10.1. The minimum Gasteiger partial charge on any atom is -0.445 e. The van der Waals surface area contributed by atoms with Crippen molar-refractivity contribution < 1.29 is 26.8 Å². The molecule has 1 N–H and O–H groups in total. The van der Waals surface area contributed by atoms with E-state index in [1.165, 1.54) is 15.9 Å². The third-order valence-corrected chi connectivity index (χ3v) is 10.8. The fraction of sp³-hybridized carbons (Fsp3) is 0.194. The van der Waals surface area contributed by atoms with E-state index in [0.29, 0.717) is 5.92 Å². The van der Waals surface area contributed by atoms with Gasteiger partial charge < -0.3 is 22.0 Å². The van der Waals surface area contributed by atoms with Gasteiger partial charge in [0, 0.05) is 6.42 Å². The Hall–Kier alpha value is -3.64. The molecule has 0 aliphatic rings. The Kier molecular flexibility index (Phi) is 11.3. The SMILES string of the molecule is CC(C)C[C@@H](NC(=O)OCc1ccccc1)[P+](c1ccccc1)(c1ccccc1)c1ccccc1.F[B-](F)(F)F. The second-order valence-electron chi connectivity index (χ2n) is 9.58. The third-order valence-electron chi connectivity index (χ3n) is 6.15. The van der Waals surface area contributed by atoms with Gasteiger partial charge in [-0.25, -0.2) is 4.79 Å². The molecule has 0 saturated heterocycles. The van der Waals surface area contributed by atoms with Crippen LogP contribution in [0.1, 0.15) is 25.8 Å². The standard InChI is InChI=1S/C31H32NO2P.BF4/c1-25(2)23-30(32-31(33)34-24-26-15-7-3-8-16-26)35(27-17-9-4-10-18-27,28-19-11-5-12-20-28)29-21-13-6-14-22-29;2-1(3,4)5/h3-22,25,30H,23-24H2,1-2H3;/q;-1/p+1/t30-;/m0./s1. The summed E-state index contributed by atoms with van der Waals surface area (Å²) in [5.41, 5.74) is 0.971. The predicted octanol–water partition coefficient (Wildman–Crippen LogP) is 7.58. The molecule has 210 valence electrons. The van der Waals surface area contributed by atoms with Crippen LogP contribution in [0, 0.1) is 5.92 Å². The van der Waals surface area contributed by atoms with E-state index in [4.69, 9.17) is 4.74 Å². The smallest absolute Gasteiger partial charge is 0.445 e. The van der Waals surface area contributed by atoms with Crippen molar-refractivity contribution >= 4 is 36.5 Å². The molecule has 3 nitrogen and oxygen atoms in total. The van der Waals surface area contributed by atoms with Gasteiger partial charge in [-0.2, -0.15) is 0 Å².